The van der Waals surface area contributed by atoms with Gasteiger partial charge in [0.2, 0.25) is 0 Å². The molecule has 0 aliphatic heterocycles. The molecule has 1 aromatic carbocycles. The van der Waals surface area contributed by atoms with Crippen molar-refractivity contribution in [3.8, 4) is 11.5 Å². The van der Waals surface area contributed by atoms with E-state index >= 15 is 0 Å². The monoisotopic (exact) mass is 273 g/mol. The maximum absolute atomic E-state index is 5.30. The third-order valence-corrected chi connectivity index (χ3v) is 3.54. The number of rotatable bonds is 6. The van der Waals surface area contributed by atoms with E-state index in [1.165, 1.54) is 18.5 Å². The largest absolute Gasteiger partial charge is 0.493 e. The fourth-order valence-electron chi connectivity index (χ4n) is 2.29. The molecule has 0 unspecified atom stereocenters. The molecule has 0 amide bonds. The molecule has 3 rings (SSSR count). The van der Waals surface area contributed by atoms with Crippen LogP contribution in [0.3, 0.4) is 0 Å². The Labute approximate surface area is 118 Å². The highest BCUT2D eigenvalue weighted by Crippen LogP contribution is 2.36. The Morgan fingerprint density at radius 2 is 2.05 bits per heavy atom. The first kappa shape index (κ1) is 12.8. The average Bonchev–Trinajstić information content (AvgIpc) is 3.23. The Morgan fingerprint density at radius 3 is 2.75 bits per heavy atom. The number of anilines is 1. The predicted octanol–water partition coefficient (Wildman–Crippen LogP) is 2.85. The highest BCUT2D eigenvalue weighted by Gasteiger charge is 2.24. The summed E-state index contributed by atoms with van der Waals surface area (Å²) in [6, 6.07) is 6.48. The molecule has 5 nitrogen and oxygen atoms in total. The molecule has 0 spiro atoms. The Balaban J connectivity index is 1.70. The van der Waals surface area contributed by atoms with Crippen LogP contribution < -0.4 is 14.8 Å². The second-order valence-corrected chi connectivity index (χ2v) is 4.95. The van der Waals surface area contributed by atoms with E-state index in [0.717, 1.165) is 23.7 Å². The summed E-state index contributed by atoms with van der Waals surface area (Å²) >= 11 is 0. The van der Waals surface area contributed by atoms with Crippen molar-refractivity contribution in [2.45, 2.75) is 25.4 Å². The number of imidazole rings is 1. The highest BCUT2D eigenvalue weighted by molar-refractivity contribution is 5.54. The van der Waals surface area contributed by atoms with Crippen molar-refractivity contribution in [2.24, 2.45) is 0 Å². The zero-order valence-corrected chi connectivity index (χ0v) is 11.8. The van der Waals surface area contributed by atoms with Crippen LogP contribution in [0.1, 0.15) is 24.6 Å². The number of nitrogens with zero attached hydrogens (tertiary/aromatic N) is 2. The van der Waals surface area contributed by atoms with Crippen LogP contribution in [0.25, 0.3) is 0 Å². The Kier molecular flexibility index (Phi) is 3.50. The number of hydrogen-bond acceptors (Lipinski definition) is 4. The van der Waals surface area contributed by atoms with Crippen LogP contribution in [0.2, 0.25) is 0 Å². The minimum atomic E-state index is 0.653. The van der Waals surface area contributed by atoms with Gasteiger partial charge in [0.05, 0.1) is 32.8 Å². The molecule has 0 atom stereocenters. The van der Waals surface area contributed by atoms with Crippen LogP contribution in [0, 0.1) is 0 Å². The van der Waals surface area contributed by atoms with Crippen LogP contribution in [-0.4, -0.2) is 23.8 Å². The van der Waals surface area contributed by atoms with Gasteiger partial charge >= 0.3 is 0 Å². The van der Waals surface area contributed by atoms with E-state index in [1.807, 2.05) is 30.7 Å². The number of aromatic nitrogens is 2. The van der Waals surface area contributed by atoms with E-state index in [9.17, 15) is 0 Å². The fourth-order valence-corrected chi connectivity index (χ4v) is 2.29. The van der Waals surface area contributed by atoms with Gasteiger partial charge in [-0.1, -0.05) is 0 Å². The number of methoxy groups -OCH3 is 2. The van der Waals surface area contributed by atoms with E-state index in [-0.39, 0.29) is 0 Å². The van der Waals surface area contributed by atoms with Crippen LogP contribution >= 0.6 is 0 Å². The van der Waals surface area contributed by atoms with Crippen molar-refractivity contribution >= 4 is 5.69 Å². The molecular formula is C15H19N3O2. The minimum absolute atomic E-state index is 0.653. The molecule has 0 saturated heterocycles. The van der Waals surface area contributed by atoms with Crippen molar-refractivity contribution in [3.63, 3.8) is 0 Å². The third kappa shape index (κ3) is 2.57. The highest BCUT2D eigenvalue weighted by atomic mass is 16.5. The molecule has 106 valence electrons. The van der Waals surface area contributed by atoms with E-state index in [0.29, 0.717) is 6.04 Å². The molecular weight excluding hydrogens is 254 g/mol. The zero-order valence-electron chi connectivity index (χ0n) is 11.8. The summed E-state index contributed by atoms with van der Waals surface area (Å²) in [4.78, 5) is 4.24. The summed E-state index contributed by atoms with van der Waals surface area (Å²) in [6.07, 6.45) is 6.37. The average molecular weight is 273 g/mol. The Hall–Kier alpha value is -2.17. The topological polar surface area (TPSA) is 48.3 Å². The molecule has 1 aromatic heterocycles. The second kappa shape index (κ2) is 5.45. The van der Waals surface area contributed by atoms with Crippen LogP contribution in [-0.2, 0) is 6.54 Å². The van der Waals surface area contributed by atoms with Gasteiger partial charge < -0.3 is 19.4 Å². The lowest BCUT2D eigenvalue weighted by Gasteiger charge is -2.12. The normalized spacial score (nSPS) is 14.1. The molecule has 1 N–H and O–H groups in total. The van der Waals surface area contributed by atoms with E-state index in [4.69, 9.17) is 9.47 Å². The fraction of sp³-hybridized carbons (Fsp3) is 0.400. The number of ether oxygens (including phenoxy) is 2. The first-order valence-electron chi connectivity index (χ1n) is 6.78. The standard InChI is InChI=1S/C15H19N3O2/c1-19-14-6-3-11(7-15(14)20-2)17-9-13-8-16-10-18(13)12-4-5-12/h3,6-8,10,12,17H,4-5,9H2,1-2H3. The SMILES string of the molecule is COc1ccc(NCc2cncn2C2CC2)cc1OC. The summed E-state index contributed by atoms with van der Waals surface area (Å²) < 4.78 is 12.8. The van der Waals surface area contributed by atoms with Gasteiger partial charge in [0.1, 0.15) is 0 Å². The van der Waals surface area contributed by atoms with Gasteiger partial charge in [-0.2, -0.15) is 0 Å². The summed E-state index contributed by atoms with van der Waals surface area (Å²) in [5.74, 6) is 1.47. The van der Waals surface area contributed by atoms with Crippen molar-refractivity contribution in [3.05, 3.63) is 36.4 Å². The molecule has 0 bridgehead atoms. The van der Waals surface area contributed by atoms with Gasteiger partial charge in [-0.15, -0.1) is 0 Å². The number of nitrogens with one attached hydrogen (secondary N) is 1. The molecule has 1 aliphatic rings. The van der Waals surface area contributed by atoms with Crippen LogP contribution in [0.5, 0.6) is 11.5 Å². The van der Waals surface area contributed by atoms with Crippen molar-refractivity contribution in [2.75, 3.05) is 19.5 Å². The van der Waals surface area contributed by atoms with E-state index < -0.39 is 0 Å². The number of hydrogen-bond donors (Lipinski definition) is 1. The summed E-state index contributed by atoms with van der Waals surface area (Å²) in [6.45, 7) is 0.756. The van der Waals surface area contributed by atoms with Crippen LogP contribution in [0.15, 0.2) is 30.7 Å². The van der Waals surface area contributed by atoms with Crippen molar-refractivity contribution in [1.82, 2.24) is 9.55 Å². The third-order valence-electron chi connectivity index (χ3n) is 3.54. The number of benzene rings is 1. The quantitative estimate of drug-likeness (QED) is 0.879. The Bertz CT molecular complexity index is 591. The maximum atomic E-state index is 5.30. The summed E-state index contributed by atoms with van der Waals surface area (Å²) in [5.41, 5.74) is 2.22. The van der Waals surface area contributed by atoms with Crippen molar-refractivity contribution < 1.29 is 9.47 Å². The molecule has 1 saturated carbocycles. The summed E-state index contributed by atoms with van der Waals surface area (Å²) in [7, 11) is 3.28. The van der Waals surface area contributed by atoms with E-state index in [2.05, 4.69) is 14.9 Å². The van der Waals surface area contributed by atoms with Crippen molar-refractivity contribution in [1.29, 1.82) is 0 Å². The van der Waals surface area contributed by atoms with Gasteiger partial charge in [0.15, 0.2) is 11.5 Å². The molecule has 20 heavy (non-hydrogen) atoms. The lowest BCUT2D eigenvalue weighted by atomic mass is 10.2. The molecule has 5 heteroatoms. The van der Waals surface area contributed by atoms with Gasteiger partial charge in [-0.25, -0.2) is 4.98 Å². The van der Waals surface area contributed by atoms with Gasteiger partial charge in [-0.3, -0.25) is 0 Å². The van der Waals surface area contributed by atoms with E-state index in [1.54, 1.807) is 14.2 Å². The van der Waals surface area contributed by atoms with Gasteiger partial charge in [0, 0.05) is 24.0 Å². The lowest BCUT2D eigenvalue weighted by molar-refractivity contribution is 0.355. The lowest BCUT2D eigenvalue weighted by Crippen LogP contribution is -2.06. The van der Waals surface area contributed by atoms with Gasteiger partial charge in [0.25, 0.3) is 0 Å². The first-order chi connectivity index (χ1) is 9.81. The predicted molar refractivity (Wildman–Crippen MR) is 77.4 cm³/mol. The molecule has 1 aliphatic carbocycles. The summed E-state index contributed by atoms with van der Waals surface area (Å²) in [5, 5.41) is 3.40. The Morgan fingerprint density at radius 1 is 1.25 bits per heavy atom. The minimum Gasteiger partial charge on any atom is -0.493 e. The molecule has 0 radical (unpaired) electrons. The zero-order chi connectivity index (χ0) is 13.9. The molecule has 1 fully saturated rings. The second-order valence-electron chi connectivity index (χ2n) is 4.95. The van der Waals surface area contributed by atoms with Crippen LogP contribution in [0.4, 0.5) is 5.69 Å². The molecule has 1 heterocycles. The maximum Gasteiger partial charge on any atom is 0.162 e. The first-order valence-corrected chi connectivity index (χ1v) is 6.78. The molecule has 2 aromatic rings. The smallest absolute Gasteiger partial charge is 0.162 e. The van der Waals surface area contributed by atoms with Gasteiger partial charge in [-0.05, 0) is 25.0 Å².